The van der Waals surface area contributed by atoms with Crippen molar-refractivity contribution >= 4 is 8.56 Å². The number of hydrogen-bond donors (Lipinski definition) is 1. The van der Waals surface area contributed by atoms with Crippen LogP contribution >= 0.6 is 0 Å². The van der Waals surface area contributed by atoms with Gasteiger partial charge in [0, 0.05) is 12.7 Å². The third-order valence-electron chi connectivity index (χ3n) is 3.10. The van der Waals surface area contributed by atoms with Crippen molar-refractivity contribution in [3.63, 3.8) is 0 Å². The van der Waals surface area contributed by atoms with Crippen LogP contribution in [0.3, 0.4) is 0 Å². The summed E-state index contributed by atoms with van der Waals surface area (Å²) in [4.78, 5) is 0. The molecule has 3 nitrogen and oxygen atoms in total. The van der Waals surface area contributed by atoms with Gasteiger partial charge in [-0.2, -0.15) is 0 Å². The van der Waals surface area contributed by atoms with Crippen LogP contribution in [0.5, 0.6) is 0 Å². The first kappa shape index (κ1) is 16.4. The van der Waals surface area contributed by atoms with Crippen molar-refractivity contribution in [2.75, 3.05) is 13.2 Å². The lowest BCUT2D eigenvalue weighted by molar-refractivity contribution is 0.130. The summed E-state index contributed by atoms with van der Waals surface area (Å²) < 4.78 is 12.1. The van der Waals surface area contributed by atoms with E-state index in [-0.39, 0.29) is 6.10 Å². The lowest BCUT2D eigenvalue weighted by Crippen LogP contribution is -2.42. The summed E-state index contributed by atoms with van der Waals surface area (Å²) >= 11 is 0. The van der Waals surface area contributed by atoms with E-state index in [9.17, 15) is 0 Å². The molecule has 19 heavy (non-hydrogen) atoms. The van der Waals surface area contributed by atoms with Gasteiger partial charge in [-0.1, -0.05) is 30.3 Å². The molecule has 0 aliphatic heterocycles. The van der Waals surface area contributed by atoms with Crippen molar-refractivity contribution in [2.45, 2.75) is 45.4 Å². The molecule has 0 bridgehead atoms. The molecule has 1 aromatic carbocycles. The zero-order valence-electron chi connectivity index (χ0n) is 12.4. The smallest absolute Gasteiger partial charge is 0.335 e. The summed E-state index contributed by atoms with van der Waals surface area (Å²) in [5.41, 5.74) is 6.90. The lowest BCUT2D eigenvalue weighted by Gasteiger charge is -2.30. The molecule has 0 spiro atoms. The van der Waals surface area contributed by atoms with Crippen LogP contribution in [-0.2, 0) is 15.3 Å². The highest BCUT2D eigenvalue weighted by Gasteiger charge is 2.32. The van der Waals surface area contributed by atoms with Gasteiger partial charge in [0.15, 0.2) is 0 Å². The van der Waals surface area contributed by atoms with E-state index in [4.69, 9.17) is 14.6 Å². The van der Waals surface area contributed by atoms with Crippen LogP contribution in [0, 0.1) is 0 Å². The van der Waals surface area contributed by atoms with Gasteiger partial charge in [-0.25, -0.2) is 0 Å². The van der Waals surface area contributed by atoms with Gasteiger partial charge in [0.05, 0.1) is 0 Å². The molecule has 0 aliphatic rings. The highest BCUT2D eigenvalue weighted by molar-refractivity contribution is 6.66. The number of hydrogen-bond acceptors (Lipinski definition) is 3. The zero-order chi connectivity index (χ0) is 14.1. The molecule has 2 N–H and O–H groups in total. The molecule has 0 heterocycles. The Bertz CT molecular complexity index is 347. The maximum absolute atomic E-state index is 6.25. The summed E-state index contributed by atoms with van der Waals surface area (Å²) in [6.45, 7) is 7.71. The van der Waals surface area contributed by atoms with E-state index in [1.165, 1.54) is 5.56 Å². The maximum atomic E-state index is 6.25. The standard InChI is InChI=1S/C15H27NO2Si/c1-4-17-19(3,12-8-11-16)18-14(2)13-15-9-6-5-7-10-15/h5-7,9-10,14H,4,8,11-13,16H2,1-3H3. The van der Waals surface area contributed by atoms with E-state index in [0.29, 0.717) is 13.2 Å². The van der Waals surface area contributed by atoms with Crippen molar-refractivity contribution in [1.29, 1.82) is 0 Å². The van der Waals surface area contributed by atoms with Crippen LogP contribution in [0.15, 0.2) is 30.3 Å². The third kappa shape index (κ3) is 6.34. The van der Waals surface area contributed by atoms with Crippen molar-refractivity contribution in [1.82, 2.24) is 0 Å². The molecule has 2 unspecified atom stereocenters. The summed E-state index contributed by atoms with van der Waals surface area (Å²) in [7, 11) is -2.07. The van der Waals surface area contributed by atoms with Crippen molar-refractivity contribution in [2.24, 2.45) is 5.73 Å². The summed E-state index contributed by atoms with van der Waals surface area (Å²) in [5, 5.41) is 0. The minimum Gasteiger partial charge on any atom is -0.395 e. The van der Waals surface area contributed by atoms with Gasteiger partial charge in [0.25, 0.3) is 0 Å². The molecular weight excluding hydrogens is 254 g/mol. The van der Waals surface area contributed by atoms with E-state index >= 15 is 0 Å². The van der Waals surface area contributed by atoms with Crippen molar-refractivity contribution in [3.8, 4) is 0 Å². The second-order valence-corrected chi connectivity index (χ2v) is 8.37. The Kier molecular flexibility index (Phi) is 7.31. The second kappa shape index (κ2) is 8.48. The molecule has 108 valence electrons. The molecular formula is C15H27NO2Si. The fourth-order valence-electron chi connectivity index (χ4n) is 2.31. The van der Waals surface area contributed by atoms with Gasteiger partial charge in [-0.15, -0.1) is 0 Å². The van der Waals surface area contributed by atoms with Gasteiger partial charge in [0.1, 0.15) is 0 Å². The fourth-order valence-corrected chi connectivity index (χ4v) is 5.03. The predicted molar refractivity (Wildman–Crippen MR) is 82.4 cm³/mol. The van der Waals surface area contributed by atoms with E-state index in [2.05, 4.69) is 37.7 Å². The van der Waals surface area contributed by atoms with Crippen LogP contribution in [0.1, 0.15) is 25.8 Å². The molecule has 0 aliphatic carbocycles. The van der Waals surface area contributed by atoms with Gasteiger partial charge in [0.2, 0.25) is 0 Å². The van der Waals surface area contributed by atoms with E-state index in [1.54, 1.807) is 0 Å². The van der Waals surface area contributed by atoms with Crippen molar-refractivity contribution in [3.05, 3.63) is 35.9 Å². The Morgan fingerprint density at radius 2 is 1.95 bits per heavy atom. The Morgan fingerprint density at radius 3 is 2.53 bits per heavy atom. The molecule has 0 radical (unpaired) electrons. The van der Waals surface area contributed by atoms with E-state index in [0.717, 1.165) is 18.9 Å². The highest BCUT2D eigenvalue weighted by Crippen LogP contribution is 2.19. The Hall–Kier alpha value is -0.683. The first-order chi connectivity index (χ1) is 9.09. The molecule has 0 saturated heterocycles. The largest absolute Gasteiger partial charge is 0.395 e. The normalized spacial score (nSPS) is 16.0. The summed E-state index contributed by atoms with van der Waals surface area (Å²) in [6, 6.07) is 11.4. The molecule has 0 amide bonds. The molecule has 0 fully saturated rings. The monoisotopic (exact) mass is 281 g/mol. The Morgan fingerprint density at radius 1 is 1.26 bits per heavy atom. The third-order valence-corrected chi connectivity index (χ3v) is 6.16. The molecule has 1 aromatic rings. The molecule has 0 saturated carbocycles. The Labute approximate surface area is 118 Å². The Balaban J connectivity index is 2.53. The number of rotatable bonds is 9. The van der Waals surface area contributed by atoms with Crippen LogP contribution < -0.4 is 5.73 Å². The first-order valence-corrected chi connectivity index (χ1v) is 9.67. The van der Waals surface area contributed by atoms with Gasteiger partial charge >= 0.3 is 8.56 Å². The molecule has 4 heteroatoms. The van der Waals surface area contributed by atoms with Crippen LogP contribution in [-0.4, -0.2) is 27.8 Å². The van der Waals surface area contributed by atoms with Gasteiger partial charge in [-0.3, -0.25) is 0 Å². The second-order valence-electron chi connectivity index (χ2n) is 5.08. The average Bonchev–Trinajstić information content (AvgIpc) is 2.37. The first-order valence-electron chi connectivity index (χ1n) is 7.15. The van der Waals surface area contributed by atoms with Crippen LogP contribution in [0.25, 0.3) is 0 Å². The number of benzene rings is 1. The topological polar surface area (TPSA) is 44.5 Å². The summed E-state index contributed by atoms with van der Waals surface area (Å²) in [6.07, 6.45) is 2.09. The highest BCUT2D eigenvalue weighted by atomic mass is 28.4. The van der Waals surface area contributed by atoms with Gasteiger partial charge < -0.3 is 14.6 Å². The average molecular weight is 281 g/mol. The zero-order valence-corrected chi connectivity index (χ0v) is 13.4. The molecule has 0 aromatic heterocycles. The predicted octanol–water partition coefficient (Wildman–Crippen LogP) is 3.09. The maximum Gasteiger partial charge on any atom is 0.335 e. The van der Waals surface area contributed by atoms with E-state index < -0.39 is 8.56 Å². The molecule has 1 rings (SSSR count). The molecule has 2 atom stereocenters. The van der Waals surface area contributed by atoms with Crippen LogP contribution in [0.2, 0.25) is 12.6 Å². The summed E-state index contributed by atoms with van der Waals surface area (Å²) in [5.74, 6) is 0. The minimum absolute atomic E-state index is 0.184. The lowest BCUT2D eigenvalue weighted by atomic mass is 10.1. The quantitative estimate of drug-likeness (QED) is 0.707. The van der Waals surface area contributed by atoms with Crippen LogP contribution in [0.4, 0.5) is 0 Å². The fraction of sp³-hybridized carbons (Fsp3) is 0.600. The minimum atomic E-state index is -2.07. The SMILES string of the molecule is CCO[Si](C)(CCCN)OC(C)Cc1ccccc1. The van der Waals surface area contributed by atoms with Crippen molar-refractivity contribution < 1.29 is 8.85 Å². The number of nitrogens with two attached hydrogens (primary N) is 1. The van der Waals surface area contributed by atoms with Gasteiger partial charge in [-0.05, 0) is 51.4 Å². The van der Waals surface area contributed by atoms with E-state index in [1.807, 2.05) is 13.0 Å².